The number of benzene rings is 2. The summed E-state index contributed by atoms with van der Waals surface area (Å²) in [5.41, 5.74) is 3.95. The lowest BCUT2D eigenvalue weighted by atomic mass is 9.80. The topological polar surface area (TPSA) is 42.5 Å². The average molecular weight is 310 g/mol. The molecule has 0 radical (unpaired) electrons. The van der Waals surface area contributed by atoms with Crippen LogP contribution in [0.2, 0.25) is 0 Å². The van der Waals surface area contributed by atoms with Crippen molar-refractivity contribution in [3.8, 4) is 11.5 Å². The van der Waals surface area contributed by atoms with Crippen LogP contribution in [-0.4, -0.2) is 33.4 Å². The second kappa shape index (κ2) is 5.78. The highest BCUT2D eigenvalue weighted by Gasteiger charge is 2.40. The van der Waals surface area contributed by atoms with E-state index in [9.17, 15) is 0 Å². The van der Waals surface area contributed by atoms with Crippen LogP contribution in [0.3, 0.4) is 0 Å². The molecule has 1 fully saturated rings. The lowest BCUT2D eigenvalue weighted by molar-refractivity contribution is 0.386. The third-order valence-electron chi connectivity index (χ3n) is 5.12. The van der Waals surface area contributed by atoms with Crippen LogP contribution >= 0.6 is 0 Å². The smallest absolute Gasteiger partial charge is 0.119 e. The Morgan fingerprint density at radius 3 is 2.30 bits per heavy atom. The summed E-state index contributed by atoms with van der Waals surface area (Å²) < 4.78 is 10.7. The van der Waals surface area contributed by atoms with E-state index in [1.54, 1.807) is 14.2 Å². The first-order chi connectivity index (χ1) is 11.3. The first-order valence-electron chi connectivity index (χ1n) is 8.09. The van der Waals surface area contributed by atoms with Crippen LogP contribution in [0.25, 0.3) is 0 Å². The van der Waals surface area contributed by atoms with Crippen molar-refractivity contribution in [2.45, 2.75) is 17.9 Å². The molecular formula is C19H22N2O2. The standard InChI is InChI=1S/C19H22N2O2/c1-22-13-5-3-12(4-6-13)16-10-20-11-17-15-9-14(23-2)7-8-18(15)21-19(16)17/h3-9,16-17,19-21H,10-11H2,1-2H3/t16?,17-,19+/m0/s1. The summed E-state index contributed by atoms with van der Waals surface area (Å²) in [5, 5.41) is 7.34. The molecule has 4 rings (SSSR count). The van der Waals surface area contributed by atoms with E-state index >= 15 is 0 Å². The quantitative estimate of drug-likeness (QED) is 0.915. The van der Waals surface area contributed by atoms with Crippen molar-refractivity contribution in [2.24, 2.45) is 0 Å². The van der Waals surface area contributed by atoms with E-state index < -0.39 is 0 Å². The fourth-order valence-electron chi connectivity index (χ4n) is 3.90. The summed E-state index contributed by atoms with van der Waals surface area (Å²) in [6, 6.07) is 15.2. The number of hydrogen-bond donors (Lipinski definition) is 2. The molecule has 4 heteroatoms. The maximum atomic E-state index is 5.39. The van der Waals surface area contributed by atoms with Gasteiger partial charge in [-0.3, -0.25) is 0 Å². The highest BCUT2D eigenvalue weighted by atomic mass is 16.5. The Hall–Kier alpha value is -2.20. The van der Waals surface area contributed by atoms with Crippen molar-refractivity contribution in [3.63, 3.8) is 0 Å². The maximum Gasteiger partial charge on any atom is 0.119 e. The molecule has 0 aliphatic carbocycles. The van der Waals surface area contributed by atoms with Gasteiger partial charge in [0.25, 0.3) is 0 Å². The number of hydrogen-bond acceptors (Lipinski definition) is 4. The fraction of sp³-hybridized carbons (Fsp3) is 0.368. The Bertz CT molecular complexity index is 699. The highest BCUT2D eigenvalue weighted by Crippen LogP contribution is 2.44. The molecule has 0 saturated carbocycles. The highest BCUT2D eigenvalue weighted by molar-refractivity contribution is 5.63. The molecule has 2 aliphatic heterocycles. The summed E-state index contributed by atoms with van der Waals surface area (Å²) >= 11 is 0. The summed E-state index contributed by atoms with van der Waals surface area (Å²) in [6.07, 6.45) is 0. The molecule has 0 aromatic heterocycles. The number of anilines is 1. The molecule has 2 N–H and O–H groups in total. The summed E-state index contributed by atoms with van der Waals surface area (Å²) in [6.45, 7) is 2.00. The van der Waals surface area contributed by atoms with Gasteiger partial charge in [-0.1, -0.05) is 12.1 Å². The van der Waals surface area contributed by atoms with Crippen LogP contribution in [0.5, 0.6) is 11.5 Å². The average Bonchev–Trinajstić information content (AvgIpc) is 2.99. The predicted octanol–water partition coefficient (Wildman–Crippen LogP) is 2.97. The van der Waals surface area contributed by atoms with Gasteiger partial charge in [-0.2, -0.15) is 0 Å². The van der Waals surface area contributed by atoms with E-state index in [0.29, 0.717) is 17.9 Å². The molecule has 2 heterocycles. The third-order valence-corrected chi connectivity index (χ3v) is 5.12. The van der Waals surface area contributed by atoms with Crippen molar-refractivity contribution < 1.29 is 9.47 Å². The SMILES string of the molecule is COc1ccc(C2CNC[C@H]3c4cc(OC)ccc4N[C@H]23)cc1. The Labute approximate surface area is 136 Å². The Balaban J connectivity index is 1.64. The molecule has 0 amide bonds. The fourth-order valence-corrected chi connectivity index (χ4v) is 3.90. The zero-order chi connectivity index (χ0) is 15.8. The predicted molar refractivity (Wildman–Crippen MR) is 91.8 cm³/mol. The van der Waals surface area contributed by atoms with Gasteiger partial charge >= 0.3 is 0 Å². The first kappa shape index (κ1) is 14.4. The van der Waals surface area contributed by atoms with E-state index in [1.165, 1.54) is 16.8 Å². The summed E-state index contributed by atoms with van der Waals surface area (Å²) in [5.74, 6) is 2.75. The Morgan fingerprint density at radius 2 is 1.57 bits per heavy atom. The van der Waals surface area contributed by atoms with Gasteiger partial charge in [0.05, 0.1) is 14.2 Å². The lowest BCUT2D eigenvalue weighted by Gasteiger charge is -2.35. The number of nitrogens with one attached hydrogen (secondary N) is 2. The minimum Gasteiger partial charge on any atom is -0.497 e. The van der Waals surface area contributed by atoms with Gasteiger partial charge in [-0.25, -0.2) is 0 Å². The van der Waals surface area contributed by atoms with E-state index in [-0.39, 0.29) is 0 Å². The monoisotopic (exact) mass is 310 g/mol. The molecule has 4 nitrogen and oxygen atoms in total. The van der Waals surface area contributed by atoms with Gasteiger partial charge < -0.3 is 20.1 Å². The van der Waals surface area contributed by atoms with Crippen LogP contribution in [0.15, 0.2) is 42.5 Å². The Morgan fingerprint density at radius 1 is 0.870 bits per heavy atom. The largest absolute Gasteiger partial charge is 0.497 e. The molecule has 3 atom stereocenters. The Kier molecular flexibility index (Phi) is 3.62. The summed E-state index contributed by atoms with van der Waals surface area (Å²) in [4.78, 5) is 0. The van der Waals surface area contributed by atoms with Gasteiger partial charge in [0.15, 0.2) is 0 Å². The van der Waals surface area contributed by atoms with Crippen molar-refractivity contribution in [1.29, 1.82) is 0 Å². The maximum absolute atomic E-state index is 5.39. The molecule has 2 aromatic carbocycles. The van der Waals surface area contributed by atoms with E-state index in [1.807, 2.05) is 18.2 Å². The van der Waals surface area contributed by atoms with Crippen molar-refractivity contribution in [1.82, 2.24) is 5.32 Å². The van der Waals surface area contributed by atoms with E-state index in [0.717, 1.165) is 24.6 Å². The molecule has 1 unspecified atom stereocenters. The second-order valence-electron chi connectivity index (χ2n) is 6.27. The number of piperidine rings is 1. The molecule has 120 valence electrons. The minimum atomic E-state index is 0.423. The number of fused-ring (bicyclic) bond motifs is 3. The van der Waals surface area contributed by atoms with Gasteiger partial charge in [-0.15, -0.1) is 0 Å². The normalized spacial score (nSPS) is 25.2. The van der Waals surface area contributed by atoms with Crippen LogP contribution in [0.4, 0.5) is 5.69 Å². The molecule has 1 saturated heterocycles. The molecule has 2 aliphatic rings. The number of methoxy groups -OCH3 is 2. The molecule has 0 bridgehead atoms. The molecule has 2 aromatic rings. The van der Waals surface area contributed by atoms with Crippen molar-refractivity contribution >= 4 is 5.69 Å². The number of ether oxygens (including phenoxy) is 2. The zero-order valence-electron chi connectivity index (χ0n) is 13.5. The van der Waals surface area contributed by atoms with E-state index in [4.69, 9.17) is 9.47 Å². The van der Waals surface area contributed by atoms with E-state index in [2.05, 4.69) is 34.9 Å². The summed E-state index contributed by atoms with van der Waals surface area (Å²) in [7, 11) is 3.43. The van der Waals surface area contributed by atoms with Crippen molar-refractivity contribution in [2.75, 3.05) is 32.6 Å². The number of rotatable bonds is 3. The van der Waals surface area contributed by atoms with Gasteiger partial charge in [0, 0.05) is 36.7 Å². The molecule has 0 spiro atoms. The zero-order valence-corrected chi connectivity index (χ0v) is 13.5. The second-order valence-corrected chi connectivity index (χ2v) is 6.27. The van der Waals surface area contributed by atoms with Gasteiger partial charge in [0.2, 0.25) is 0 Å². The lowest BCUT2D eigenvalue weighted by Crippen LogP contribution is -2.45. The minimum absolute atomic E-state index is 0.423. The van der Waals surface area contributed by atoms with Gasteiger partial charge in [-0.05, 0) is 41.5 Å². The van der Waals surface area contributed by atoms with Crippen LogP contribution in [0, 0.1) is 0 Å². The van der Waals surface area contributed by atoms with Crippen LogP contribution in [-0.2, 0) is 0 Å². The third kappa shape index (κ3) is 2.43. The van der Waals surface area contributed by atoms with Crippen LogP contribution in [0.1, 0.15) is 23.0 Å². The molecule has 23 heavy (non-hydrogen) atoms. The molecular weight excluding hydrogens is 288 g/mol. The first-order valence-corrected chi connectivity index (χ1v) is 8.09. The van der Waals surface area contributed by atoms with Crippen LogP contribution < -0.4 is 20.1 Å². The van der Waals surface area contributed by atoms with Crippen molar-refractivity contribution in [3.05, 3.63) is 53.6 Å². The van der Waals surface area contributed by atoms with Gasteiger partial charge in [0.1, 0.15) is 11.5 Å².